The van der Waals surface area contributed by atoms with Crippen molar-refractivity contribution in [2.24, 2.45) is 5.92 Å². The maximum Gasteiger partial charge on any atom is 0.293 e. The monoisotopic (exact) mass is 690 g/mol. The molecule has 0 bridgehead atoms. The van der Waals surface area contributed by atoms with E-state index in [0.29, 0.717) is 27.6 Å². The molecule has 1 saturated carbocycles. The maximum absolute atomic E-state index is 15.1. The first-order valence-electron chi connectivity index (χ1n) is 15.5. The van der Waals surface area contributed by atoms with Gasteiger partial charge >= 0.3 is 0 Å². The van der Waals surface area contributed by atoms with Gasteiger partial charge in [0, 0.05) is 54.7 Å². The lowest BCUT2D eigenvalue weighted by Crippen LogP contribution is -2.30. The number of ketones is 1. The molecule has 48 heavy (non-hydrogen) atoms. The minimum atomic E-state index is -3.74. The highest BCUT2D eigenvalue weighted by Crippen LogP contribution is 2.68. The van der Waals surface area contributed by atoms with Gasteiger partial charge in [-0.2, -0.15) is 18.2 Å². The Balaban J connectivity index is 1.35. The number of fused-ring (bicyclic) bond motifs is 3. The van der Waals surface area contributed by atoms with Crippen molar-refractivity contribution in [2.75, 3.05) is 13.1 Å². The number of Topliss-reactive ketones (excluding diaryl/α,β-unsaturated/α-hetero) is 1. The van der Waals surface area contributed by atoms with Gasteiger partial charge in [-0.1, -0.05) is 32.0 Å². The molecule has 0 N–H and O–H groups in total. The van der Waals surface area contributed by atoms with E-state index >= 15 is 8.78 Å². The standard InChI is InChI=1S/C34H32F6N4O3S/c1-3-43(4-2)48(46,47)25-9-7-20(8-10-25)26-6-5-11-41-30(26)21(12-19-13-22(35)16-23(36)14-19)15-24(45)18-44-32-29(31(42-44)33(37)38)27-17-28(27)34(32,39)40/h5-11,13-14,16,21,27-28,33H,3-4,12,15,17-18H2,1-2H3/t21-,27?,28?/m1/s1. The Labute approximate surface area is 273 Å². The van der Waals surface area contributed by atoms with Crippen molar-refractivity contribution >= 4 is 15.8 Å². The summed E-state index contributed by atoms with van der Waals surface area (Å²) in [4.78, 5) is 18.2. The van der Waals surface area contributed by atoms with Crippen LogP contribution in [-0.2, 0) is 33.7 Å². The highest BCUT2D eigenvalue weighted by atomic mass is 32.2. The predicted molar refractivity (Wildman–Crippen MR) is 164 cm³/mol. The van der Waals surface area contributed by atoms with Gasteiger partial charge in [0.15, 0.2) is 5.78 Å². The predicted octanol–water partition coefficient (Wildman–Crippen LogP) is 7.39. The maximum atomic E-state index is 15.1. The molecule has 2 aliphatic carbocycles. The lowest BCUT2D eigenvalue weighted by atomic mass is 9.87. The molecule has 2 aromatic carbocycles. The minimum Gasteiger partial charge on any atom is -0.298 e. The highest BCUT2D eigenvalue weighted by molar-refractivity contribution is 7.89. The van der Waals surface area contributed by atoms with E-state index in [4.69, 9.17) is 0 Å². The molecule has 14 heteroatoms. The molecule has 2 aliphatic rings. The van der Waals surface area contributed by atoms with Crippen LogP contribution in [-0.4, -0.2) is 46.4 Å². The number of pyridine rings is 1. The lowest BCUT2D eigenvalue weighted by molar-refractivity contribution is -0.120. The number of hydrogen-bond acceptors (Lipinski definition) is 5. The molecule has 6 rings (SSSR count). The van der Waals surface area contributed by atoms with E-state index in [1.54, 1.807) is 38.1 Å². The van der Waals surface area contributed by atoms with E-state index in [2.05, 4.69) is 10.1 Å². The molecule has 2 heterocycles. The average molecular weight is 691 g/mol. The zero-order chi connectivity index (χ0) is 34.5. The van der Waals surface area contributed by atoms with E-state index in [1.165, 1.54) is 22.6 Å². The van der Waals surface area contributed by atoms with E-state index in [1.807, 2.05) is 0 Å². The largest absolute Gasteiger partial charge is 0.298 e. The van der Waals surface area contributed by atoms with Crippen molar-refractivity contribution in [3.05, 3.63) is 101 Å². The molecule has 2 unspecified atom stereocenters. The Bertz CT molecular complexity index is 1940. The number of carbonyl (C=O) groups excluding carboxylic acids is 1. The minimum absolute atomic E-state index is 0.0757. The van der Waals surface area contributed by atoms with Gasteiger partial charge in [-0.3, -0.25) is 14.5 Å². The Kier molecular flexibility index (Phi) is 9.00. The number of carbonyl (C=O) groups is 1. The summed E-state index contributed by atoms with van der Waals surface area (Å²) in [6, 6.07) is 12.3. The normalized spacial score (nSPS) is 18.6. The zero-order valence-corrected chi connectivity index (χ0v) is 26.8. The Hall–Kier alpha value is -4.04. The van der Waals surface area contributed by atoms with E-state index < -0.39 is 75.5 Å². The van der Waals surface area contributed by atoms with Crippen LogP contribution in [0.25, 0.3) is 11.1 Å². The number of sulfonamides is 1. The summed E-state index contributed by atoms with van der Waals surface area (Å²) in [7, 11) is -3.74. The van der Waals surface area contributed by atoms with Gasteiger partial charge in [0.1, 0.15) is 29.6 Å². The van der Waals surface area contributed by atoms with Crippen LogP contribution in [0.1, 0.15) is 73.2 Å². The number of nitrogens with zero attached hydrogens (tertiary/aromatic N) is 4. The van der Waals surface area contributed by atoms with Gasteiger partial charge in [-0.15, -0.1) is 0 Å². The molecular weight excluding hydrogens is 658 g/mol. The van der Waals surface area contributed by atoms with E-state index in [9.17, 15) is 30.8 Å². The van der Waals surface area contributed by atoms with Gasteiger partial charge < -0.3 is 0 Å². The summed E-state index contributed by atoms with van der Waals surface area (Å²) in [6.45, 7) is 3.32. The fourth-order valence-corrected chi connectivity index (χ4v) is 8.33. The van der Waals surface area contributed by atoms with Crippen LogP contribution in [0.4, 0.5) is 26.3 Å². The lowest BCUT2D eigenvalue weighted by Gasteiger charge is -2.21. The molecule has 0 spiro atoms. The summed E-state index contributed by atoms with van der Waals surface area (Å²) in [5, 5.41) is 3.75. The average Bonchev–Trinajstić information content (AvgIpc) is 3.69. The third kappa shape index (κ3) is 6.15. The molecule has 7 nitrogen and oxygen atoms in total. The van der Waals surface area contributed by atoms with E-state index in [0.717, 1.165) is 12.1 Å². The second kappa shape index (κ2) is 12.8. The molecule has 0 amide bonds. The van der Waals surface area contributed by atoms with Gasteiger partial charge in [0.05, 0.1) is 10.6 Å². The highest BCUT2D eigenvalue weighted by Gasteiger charge is 2.67. The van der Waals surface area contributed by atoms with Crippen LogP contribution >= 0.6 is 0 Å². The third-order valence-electron chi connectivity index (χ3n) is 9.11. The zero-order valence-electron chi connectivity index (χ0n) is 26.0. The summed E-state index contributed by atoms with van der Waals surface area (Å²) in [5.74, 6) is -8.37. The number of halogens is 6. The van der Waals surface area contributed by atoms with Gasteiger partial charge in [0.25, 0.3) is 12.3 Å². The first-order chi connectivity index (χ1) is 22.8. The van der Waals surface area contributed by atoms with Crippen molar-refractivity contribution in [1.82, 2.24) is 19.1 Å². The number of rotatable bonds is 13. The van der Waals surface area contributed by atoms with Crippen LogP contribution in [0.5, 0.6) is 0 Å². The molecule has 0 saturated heterocycles. The third-order valence-corrected chi connectivity index (χ3v) is 11.2. The molecule has 0 aliphatic heterocycles. The summed E-state index contributed by atoms with van der Waals surface area (Å²) in [5.41, 5.74) is 0.00475. The molecule has 1 fully saturated rings. The topological polar surface area (TPSA) is 85.2 Å². The Morgan fingerprint density at radius 1 is 1.02 bits per heavy atom. The van der Waals surface area contributed by atoms with Crippen LogP contribution in [0.15, 0.2) is 65.7 Å². The fraction of sp³-hybridized carbons (Fsp3) is 0.382. The molecular formula is C34H32F6N4O3S. The molecule has 2 aromatic heterocycles. The van der Waals surface area contributed by atoms with Crippen LogP contribution in [0.3, 0.4) is 0 Å². The van der Waals surface area contributed by atoms with Crippen molar-refractivity contribution < 1.29 is 39.6 Å². The fourth-order valence-electron chi connectivity index (χ4n) is 6.87. The molecule has 254 valence electrons. The number of alkyl halides is 4. The molecule has 0 radical (unpaired) electrons. The first kappa shape index (κ1) is 33.8. The first-order valence-corrected chi connectivity index (χ1v) is 17.0. The van der Waals surface area contributed by atoms with Crippen molar-refractivity contribution in [1.29, 1.82) is 0 Å². The second-order valence-electron chi connectivity index (χ2n) is 12.1. The second-order valence-corrected chi connectivity index (χ2v) is 14.1. The Morgan fingerprint density at radius 3 is 2.31 bits per heavy atom. The number of benzene rings is 2. The van der Waals surface area contributed by atoms with Gasteiger partial charge in [0.2, 0.25) is 10.0 Å². The summed E-state index contributed by atoms with van der Waals surface area (Å²) >= 11 is 0. The smallest absolute Gasteiger partial charge is 0.293 e. The summed E-state index contributed by atoms with van der Waals surface area (Å²) < 4.78 is 114. The van der Waals surface area contributed by atoms with Gasteiger partial charge in [-0.05, 0) is 60.2 Å². The van der Waals surface area contributed by atoms with Crippen molar-refractivity contribution in [3.8, 4) is 11.1 Å². The van der Waals surface area contributed by atoms with E-state index in [-0.39, 0.29) is 48.4 Å². The number of hydrogen-bond donors (Lipinski definition) is 0. The SMILES string of the molecule is CCN(CC)S(=O)(=O)c1ccc(-c2cccnc2[C@@H](CC(=O)Cn2nc(C(F)F)c3c2C(F)(F)C2CC32)Cc2cc(F)cc(F)c2)cc1. The van der Waals surface area contributed by atoms with Crippen LogP contribution < -0.4 is 0 Å². The summed E-state index contributed by atoms with van der Waals surface area (Å²) in [6.07, 6.45) is -1.99. The van der Waals surface area contributed by atoms with Crippen molar-refractivity contribution in [2.45, 2.75) is 68.7 Å². The Morgan fingerprint density at radius 2 is 1.69 bits per heavy atom. The molecule has 4 aromatic rings. The van der Waals surface area contributed by atoms with Crippen LogP contribution in [0.2, 0.25) is 0 Å². The number of aromatic nitrogens is 3. The van der Waals surface area contributed by atoms with Crippen LogP contribution in [0, 0.1) is 17.6 Å². The quantitative estimate of drug-likeness (QED) is 0.137. The van der Waals surface area contributed by atoms with Gasteiger partial charge in [-0.25, -0.2) is 26.0 Å². The molecule has 3 atom stereocenters. The van der Waals surface area contributed by atoms with Crippen molar-refractivity contribution in [3.63, 3.8) is 0 Å².